The summed E-state index contributed by atoms with van der Waals surface area (Å²) in [4.78, 5) is 15.0. The van der Waals surface area contributed by atoms with Crippen LogP contribution in [0.4, 0.5) is 0 Å². The molecule has 0 unspecified atom stereocenters. The molecule has 1 amide bonds. The Morgan fingerprint density at radius 1 is 1.54 bits per heavy atom. The molecule has 0 spiro atoms. The molecule has 0 aliphatic carbocycles. The van der Waals surface area contributed by atoms with Crippen LogP contribution in [0.25, 0.3) is 6.08 Å². The van der Waals surface area contributed by atoms with E-state index in [9.17, 15) is 4.79 Å². The first-order valence-corrected chi connectivity index (χ1v) is 4.90. The Balaban J connectivity index is 2.48. The fourth-order valence-corrected chi connectivity index (χ4v) is 1.90. The van der Waals surface area contributed by atoms with E-state index in [1.54, 1.807) is 17.8 Å². The number of carbonyl (C=O) groups is 1. The number of nitrogens with two attached hydrogens (primary N) is 1. The van der Waals surface area contributed by atoms with Gasteiger partial charge in [0.2, 0.25) is 0 Å². The van der Waals surface area contributed by atoms with Crippen molar-refractivity contribution in [3.63, 3.8) is 0 Å². The zero-order chi connectivity index (χ0) is 9.26. The first-order chi connectivity index (χ1) is 6.27. The number of carbonyl (C=O) groups excluding carboxylic acids is 1. The minimum Gasteiger partial charge on any atom is -0.364 e. The average molecular weight is 192 g/mol. The van der Waals surface area contributed by atoms with E-state index in [1.165, 1.54) is 0 Å². The number of hydrogen-bond donors (Lipinski definition) is 1. The Kier molecular flexibility index (Phi) is 2.06. The van der Waals surface area contributed by atoms with Crippen molar-refractivity contribution in [1.29, 1.82) is 0 Å². The van der Waals surface area contributed by atoms with E-state index < -0.39 is 5.91 Å². The predicted octanol–water partition coefficient (Wildman–Crippen LogP) is 1.40. The molecule has 3 nitrogen and oxygen atoms in total. The number of pyridine rings is 1. The summed E-state index contributed by atoms with van der Waals surface area (Å²) in [5.74, 6) is 0.437. The van der Waals surface area contributed by atoms with Crippen molar-refractivity contribution in [2.75, 3.05) is 0 Å². The van der Waals surface area contributed by atoms with Gasteiger partial charge in [-0.05, 0) is 23.1 Å². The monoisotopic (exact) mass is 192 g/mol. The lowest BCUT2D eigenvalue weighted by atomic mass is 10.2. The van der Waals surface area contributed by atoms with Gasteiger partial charge in [-0.25, -0.2) is 4.98 Å². The van der Waals surface area contributed by atoms with E-state index in [0.717, 1.165) is 17.0 Å². The standard InChI is InChI=1S/C9H8N2OS/c10-9(12)8-2-1-6-5-13-4-3-7(6)11-8/h1-4H,5H2,(H2,10,12). The van der Waals surface area contributed by atoms with Crippen LogP contribution in [0.2, 0.25) is 0 Å². The van der Waals surface area contributed by atoms with Gasteiger partial charge >= 0.3 is 0 Å². The molecule has 66 valence electrons. The van der Waals surface area contributed by atoms with Crippen LogP contribution >= 0.6 is 11.8 Å². The van der Waals surface area contributed by atoms with Gasteiger partial charge in [0.1, 0.15) is 5.69 Å². The molecule has 0 aromatic carbocycles. The van der Waals surface area contributed by atoms with E-state index in [0.29, 0.717) is 5.69 Å². The average Bonchev–Trinajstić information content (AvgIpc) is 2.17. The van der Waals surface area contributed by atoms with Gasteiger partial charge in [-0.1, -0.05) is 6.07 Å². The van der Waals surface area contributed by atoms with Crippen molar-refractivity contribution in [2.24, 2.45) is 5.73 Å². The van der Waals surface area contributed by atoms with Crippen molar-refractivity contribution >= 4 is 23.7 Å². The quantitative estimate of drug-likeness (QED) is 0.731. The number of amides is 1. The number of aromatic nitrogens is 1. The summed E-state index contributed by atoms with van der Waals surface area (Å²) in [6.45, 7) is 0. The van der Waals surface area contributed by atoms with Crippen LogP contribution in [0.15, 0.2) is 17.5 Å². The van der Waals surface area contributed by atoms with E-state index >= 15 is 0 Å². The van der Waals surface area contributed by atoms with Gasteiger partial charge in [0.15, 0.2) is 0 Å². The summed E-state index contributed by atoms with van der Waals surface area (Å²) >= 11 is 1.72. The Labute approximate surface area is 80.0 Å². The van der Waals surface area contributed by atoms with E-state index in [-0.39, 0.29) is 0 Å². The topological polar surface area (TPSA) is 56.0 Å². The normalized spacial score (nSPS) is 13.8. The Morgan fingerprint density at radius 3 is 3.15 bits per heavy atom. The summed E-state index contributed by atoms with van der Waals surface area (Å²) in [6.07, 6.45) is 1.90. The maximum atomic E-state index is 10.8. The molecule has 0 saturated carbocycles. The van der Waals surface area contributed by atoms with Crippen molar-refractivity contribution in [3.8, 4) is 0 Å². The lowest BCUT2D eigenvalue weighted by Gasteiger charge is -2.08. The van der Waals surface area contributed by atoms with Gasteiger partial charge in [-0.15, -0.1) is 11.8 Å². The van der Waals surface area contributed by atoms with Crippen LogP contribution < -0.4 is 5.73 Å². The zero-order valence-electron chi connectivity index (χ0n) is 6.86. The number of nitrogens with zero attached hydrogens (tertiary/aromatic N) is 1. The molecule has 0 radical (unpaired) electrons. The molecule has 13 heavy (non-hydrogen) atoms. The molecule has 1 aliphatic heterocycles. The summed E-state index contributed by atoms with van der Waals surface area (Å²) in [5.41, 5.74) is 7.45. The molecule has 0 bridgehead atoms. The zero-order valence-corrected chi connectivity index (χ0v) is 7.67. The lowest BCUT2D eigenvalue weighted by molar-refractivity contribution is 0.0995. The fraction of sp³-hybridized carbons (Fsp3) is 0.111. The predicted molar refractivity (Wildman–Crippen MR) is 53.1 cm³/mol. The van der Waals surface area contributed by atoms with Gasteiger partial charge in [-0.2, -0.15) is 0 Å². The Hall–Kier alpha value is -1.29. The molecule has 2 N–H and O–H groups in total. The number of rotatable bonds is 1. The fourth-order valence-electron chi connectivity index (χ4n) is 1.16. The first-order valence-electron chi connectivity index (χ1n) is 3.85. The van der Waals surface area contributed by atoms with Crippen LogP contribution in [0.3, 0.4) is 0 Å². The van der Waals surface area contributed by atoms with E-state index in [2.05, 4.69) is 4.98 Å². The highest BCUT2D eigenvalue weighted by molar-refractivity contribution is 8.01. The minimum atomic E-state index is -0.477. The second-order valence-electron chi connectivity index (χ2n) is 2.72. The van der Waals surface area contributed by atoms with Crippen molar-refractivity contribution in [2.45, 2.75) is 5.75 Å². The van der Waals surface area contributed by atoms with Crippen molar-refractivity contribution < 1.29 is 4.79 Å². The Morgan fingerprint density at radius 2 is 2.38 bits per heavy atom. The van der Waals surface area contributed by atoms with Gasteiger partial charge in [0, 0.05) is 5.75 Å². The highest BCUT2D eigenvalue weighted by Gasteiger charge is 2.09. The molecule has 0 atom stereocenters. The third-order valence-electron chi connectivity index (χ3n) is 1.83. The largest absolute Gasteiger partial charge is 0.364 e. The molecule has 2 heterocycles. The smallest absolute Gasteiger partial charge is 0.267 e. The molecule has 0 saturated heterocycles. The number of fused-ring (bicyclic) bond motifs is 1. The van der Waals surface area contributed by atoms with Gasteiger partial charge in [0.25, 0.3) is 5.91 Å². The maximum absolute atomic E-state index is 10.8. The third-order valence-corrected chi connectivity index (χ3v) is 2.63. The van der Waals surface area contributed by atoms with Crippen molar-refractivity contribution in [1.82, 2.24) is 4.98 Å². The SMILES string of the molecule is NC(=O)c1ccc2c(n1)C=CSC2. The van der Waals surface area contributed by atoms with Gasteiger partial charge in [0.05, 0.1) is 5.69 Å². The lowest BCUT2D eigenvalue weighted by Crippen LogP contribution is -2.14. The molecule has 2 rings (SSSR count). The highest BCUT2D eigenvalue weighted by Crippen LogP contribution is 2.23. The maximum Gasteiger partial charge on any atom is 0.267 e. The molecule has 0 fully saturated rings. The highest BCUT2D eigenvalue weighted by atomic mass is 32.2. The third kappa shape index (κ3) is 1.58. The Bertz CT molecular complexity index is 387. The number of hydrogen-bond acceptors (Lipinski definition) is 3. The van der Waals surface area contributed by atoms with E-state index in [4.69, 9.17) is 5.73 Å². The summed E-state index contributed by atoms with van der Waals surface area (Å²) in [6, 6.07) is 3.57. The first kappa shape index (κ1) is 8.31. The minimum absolute atomic E-state index is 0.329. The molecule has 4 heteroatoms. The molecule has 1 aromatic rings. The van der Waals surface area contributed by atoms with Crippen LogP contribution in [-0.2, 0) is 5.75 Å². The number of thioether (sulfide) groups is 1. The van der Waals surface area contributed by atoms with Gasteiger partial charge < -0.3 is 5.73 Å². The molecule has 1 aliphatic rings. The summed E-state index contributed by atoms with van der Waals surface area (Å²) in [5, 5.41) is 1.97. The van der Waals surface area contributed by atoms with Crippen LogP contribution in [0.5, 0.6) is 0 Å². The van der Waals surface area contributed by atoms with Crippen LogP contribution in [-0.4, -0.2) is 10.9 Å². The van der Waals surface area contributed by atoms with Crippen molar-refractivity contribution in [3.05, 3.63) is 34.5 Å². The molecular weight excluding hydrogens is 184 g/mol. The second-order valence-corrected chi connectivity index (χ2v) is 3.61. The summed E-state index contributed by atoms with van der Waals surface area (Å²) in [7, 11) is 0. The second kappa shape index (κ2) is 3.22. The van der Waals surface area contributed by atoms with Crippen LogP contribution in [0, 0.1) is 0 Å². The van der Waals surface area contributed by atoms with Gasteiger partial charge in [-0.3, -0.25) is 4.79 Å². The number of primary amides is 1. The van der Waals surface area contributed by atoms with E-state index in [1.807, 2.05) is 17.6 Å². The molecular formula is C9H8N2OS. The summed E-state index contributed by atoms with van der Waals surface area (Å²) < 4.78 is 0. The molecule has 1 aromatic heterocycles. The van der Waals surface area contributed by atoms with Crippen LogP contribution in [0.1, 0.15) is 21.7 Å².